The molecule has 2 aliphatic rings. The minimum absolute atomic E-state index is 0.0887. The Bertz CT molecular complexity index is 962. The first-order valence-corrected chi connectivity index (χ1v) is 11.8. The molecule has 2 heterocycles. The number of aromatic nitrogens is 2. The van der Waals surface area contributed by atoms with E-state index in [9.17, 15) is 14.5 Å². The number of nitrogens with one attached hydrogen (secondary N) is 2. The standard InChI is InChI=1S/C22H31N5O3S/c1-21(2,3)31(30)25-19-18-11-16(24-17-13-23-26(4)14-17)6-5-15(18)12-22(19)7-9-27(10-8-22)20(28)29/h5-6,11,13-14,19,24-25H,7-10,12H2,1-4H3,(H,28,29)/t19-,31?/m1/s1. The van der Waals surface area contributed by atoms with Gasteiger partial charge in [0.2, 0.25) is 0 Å². The summed E-state index contributed by atoms with van der Waals surface area (Å²) in [5.74, 6) is 0. The Morgan fingerprint density at radius 3 is 2.58 bits per heavy atom. The van der Waals surface area contributed by atoms with Crippen molar-refractivity contribution in [1.82, 2.24) is 19.4 Å². The van der Waals surface area contributed by atoms with Crippen LogP contribution in [0.1, 0.15) is 50.8 Å². The molecule has 3 N–H and O–H groups in total. The zero-order valence-corrected chi connectivity index (χ0v) is 19.3. The number of likely N-dealkylation sites (tertiary alicyclic amines) is 1. The van der Waals surface area contributed by atoms with Gasteiger partial charge in [-0.25, -0.2) is 4.79 Å². The maximum absolute atomic E-state index is 13.1. The van der Waals surface area contributed by atoms with Crippen molar-refractivity contribution >= 4 is 28.8 Å². The smallest absolute Gasteiger partial charge is 0.407 e. The van der Waals surface area contributed by atoms with Crippen LogP contribution in [-0.2, 0) is 24.8 Å². The lowest BCUT2D eigenvalue weighted by Gasteiger charge is -2.43. The number of nitrogens with zero attached hydrogens (tertiary/aromatic N) is 3. The van der Waals surface area contributed by atoms with Gasteiger partial charge in [0.1, 0.15) is 4.75 Å². The minimum Gasteiger partial charge on any atom is -0.598 e. The fourth-order valence-electron chi connectivity index (χ4n) is 4.65. The number of aryl methyl sites for hydroxylation is 1. The van der Waals surface area contributed by atoms with E-state index in [4.69, 9.17) is 0 Å². The van der Waals surface area contributed by atoms with Crippen LogP contribution in [0.4, 0.5) is 16.2 Å². The first-order valence-electron chi connectivity index (χ1n) is 10.6. The molecule has 168 valence electrons. The van der Waals surface area contributed by atoms with Gasteiger partial charge in [-0.15, -0.1) is 4.72 Å². The lowest BCUT2D eigenvalue weighted by Crippen LogP contribution is -2.50. The number of anilines is 2. The first-order chi connectivity index (χ1) is 14.6. The van der Waals surface area contributed by atoms with Crippen molar-refractivity contribution in [2.45, 2.75) is 50.8 Å². The van der Waals surface area contributed by atoms with Crippen LogP contribution in [0.3, 0.4) is 0 Å². The van der Waals surface area contributed by atoms with Gasteiger partial charge in [-0.3, -0.25) is 4.68 Å². The summed E-state index contributed by atoms with van der Waals surface area (Å²) in [5, 5.41) is 17.0. The Morgan fingerprint density at radius 1 is 1.29 bits per heavy atom. The van der Waals surface area contributed by atoms with E-state index in [-0.39, 0.29) is 11.5 Å². The second kappa shape index (κ2) is 8.03. The molecule has 1 saturated heterocycles. The molecule has 9 heteroatoms. The number of carbonyl (C=O) groups is 1. The molecule has 4 rings (SSSR count). The summed E-state index contributed by atoms with van der Waals surface area (Å²) >= 11 is -1.23. The van der Waals surface area contributed by atoms with Gasteiger partial charge >= 0.3 is 6.09 Å². The van der Waals surface area contributed by atoms with Crippen molar-refractivity contribution in [1.29, 1.82) is 0 Å². The van der Waals surface area contributed by atoms with Gasteiger partial charge in [-0.1, -0.05) is 6.07 Å². The normalized spacial score (nSPS) is 21.2. The van der Waals surface area contributed by atoms with E-state index in [0.29, 0.717) is 13.1 Å². The molecule has 1 unspecified atom stereocenters. The Labute approximate surface area is 186 Å². The summed E-state index contributed by atoms with van der Waals surface area (Å²) in [4.78, 5) is 12.9. The van der Waals surface area contributed by atoms with Crippen LogP contribution >= 0.6 is 0 Å². The number of fused-ring (bicyclic) bond motifs is 1. The van der Waals surface area contributed by atoms with E-state index >= 15 is 0 Å². The third kappa shape index (κ3) is 4.40. The predicted molar refractivity (Wildman–Crippen MR) is 122 cm³/mol. The molecule has 31 heavy (non-hydrogen) atoms. The third-order valence-corrected chi connectivity index (χ3v) is 7.98. The van der Waals surface area contributed by atoms with E-state index in [0.717, 1.165) is 36.2 Å². The topological polar surface area (TPSA) is 105 Å². The van der Waals surface area contributed by atoms with Crippen LogP contribution in [0.2, 0.25) is 0 Å². The molecule has 1 spiro atoms. The molecule has 2 aromatic rings. The second-order valence-corrected chi connectivity index (χ2v) is 11.7. The van der Waals surface area contributed by atoms with Crippen LogP contribution in [0.5, 0.6) is 0 Å². The maximum Gasteiger partial charge on any atom is 0.407 e. The quantitative estimate of drug-likeness (QED) is 0.622. The summed E-state index contributed by atoms with van der Waals surface area (Å²) in [6, 6.07) is 6.25. The summed E-state index contributed by atoms with van der Waals surface area (Å²) in [6.45, 7) is 6.90. The van der Waals surface area contributed by atoms with Gasteiger partial charge in [0.05, 0.1) is 17.9 Å². The molecule has 0 radical (unpaired) electrons. The lowest BCUT2D eigenvalue weighted by molar-refractivity contribution is 0.0764. The molecule has 1 aromatic heterocycles. The highest BCUT2D eigenvalue weighted by molar-refractivity contribution is 7.90. The van der Waals surface area contributed by atoms with Crippen molar-refractivity contribution in [3.8, 4) is 0 Å². The number of carboxylic acid groups (broad SMARTS) is 1. The Morgan fingerprint density at radius 2 is 2.00 bits per heavy atom. The molecule has 0 bridgehead atoms. The number of amides is 1. The second-order valence-electron chi connectivity index (χ2n) is 9.68. The molecule has 0 saturated carbocycles. The number of piperidine rings is 1. The number of hydrogen-bond donors (Lipinski definition) is 3. The monoisotopic (exact) mass is 445 g/mol. The molecule has 1 aliphatic heterocycles. The summed E-state index contributed by atoms with van der Waals surface area (Å²) < 4.78 is 17.9. The van der Waals surface area contributed by atoms with Crippen molar-refractivity contribution in [2.75, 3.05) is 18.4 Å². The van der Waals surface area contributed by atoms with E-state index < -0.39 is 22.2 Å². The van der Waals surface area contributed by atoms with Gasteiger partial charge in [-0.05, 0) is 63.3 Å². The minimum atomic E-state index is -1.23. The molecule has 8 nitrogen and oxygen atoms in total. The van der Waals surface area contributed by atoms with Crippen LogP contribution < -0.4 is 10.0 Å². The van der Waals surface area contributed by atoms with Gasteiger partial charge in [0.15, 0.2) is 0 Å². The molecule has 1 aromatic carbocycles. The molecule has 1 amide bonds. The third-order valence-electron chi connectivity index (χ3n) is 6.42. The zero-order chi connectivity index (χ0) is 22.4. The van der Waals surface area contributed by atoms with Gasteiger partial charge < -0.3 is 19.9 Å². The zero-order valence-electron chi connectivity index (χ0n) is 18.5. The van der Waals surface area contributed by atoms with E-state index in [1.165, 1.54) is 10.5 Å². The fraction of sp³-hybridized carbons (Fsp3) is 0.545. The van der Waals surface area contributed by atoms with Crippen LogP contribution in [0.15, 0.2) is 30.6 Å². The Hall–Kier alpha value is -2.23. The summed E-state index contributed by atoms with van der Waals surface area (Å²) in [6.07, 6.45) is 5.19. The number of hydrogen-bond acceptors (Lipinski definition) is 5. The molecule has 1 fully saturated rings. The SMILES string of the molecule is Cn1cc(Nc2ccc3c(c2)[C@@H](N[S+]([O-])C(C)(C)C)C2(CCN(C(=O)O)CC2)C3)cn1. The van der Waals surface area contributed by atoms with Crippen molar-refractivity contribution in [3.05, 3.63) is 41.7 Å². The highest BCUT2D eigenvalue weighted by Gasteiger charge is 2.51. The van der Waals surface area contributed by atoms with Gasteiger partial charge in [0, 0.05) is 48.8 Å². The van der Waals surface area contributed by atoms with Crippen LogP contribution in [0, 0.1) is 5.41 Å². The van der Waals surface area contributed by atoms with E-state index in [1.54, 1.807) is 10.9 Å². The first kappa shape index (κ1) is 22.0. The highest BCUT2D eigenvalue weighted by atomic mass is 32.2. The van der Waals surface area contributed by atoms with Crippen molar-refractivity contribution < 1.29 is 14.5 Å². The Balaban J connectivity index is 1.64. The molecular formula is C22H31N5O3S. The van der Waals surface area contributed by atoms with E-state index in [1.807, 2.05) is 34.0 Å². The van der Waals surface area contributed by atoms with E-state index in [2.05, 4.69) is 33.3 Å². The highest BCUT2D eigenvalue weighted by Crippen LogP contribution is 2.53. The van der Waals surface area contributed by atoms with Crippen molar-refractivity contribution in [2.24, 2.45) is 12.5 Å². The van der Waals surface area contributed by atoms with Crippen molar-refractivity contribution in [3.63, 3.8) is 0 Å². The number of benzene rings is 1. The summed E-state index contributed by atoms with van der Waals surface area (Å²) in [5.41, 5.74) is 4.12. The lowest BCUT2D eigenvalue weighted by atomic mass is 9.73. The Kier molecular flexibility index (Phi) is 5.70. The number of rotatable bonds is 4. The predicted octanol–water partition coefficient (Wildman–Crippen LogP) is 3.57. The van der Waals surface area contributed by atoms with Crippen LogP contribution in [0.25, 0.3) is 0 Å². The average Bonchev–Trinajstić information content (AvgIpc) is 3.23. The summed E-state index contributed by atoms with van der Waals surface area (Å²) in [7, 11) is 1.88. The van der Waals surface area contributed by atoms with Gasteiger partial charge in [0.25, 0.3) is 0 Å². The fourth-order valence-corrected chi connectivity index (χ4v) is 5.59. The maximum atomic E-state index is 13.1. The largest absolute Gasteiger partial charge is 0.598 e. The van der Waals surface area contributed by atoms with Crippen LogP contribution in [-0.4, -0.2) is 48.3 Å². The molecular weight excluding hydrogens is 414 g/mol. The molecule has 1 aliphatic carbocycles. The molecule has 2 atom stereocenters. The average molecular weight is 446 g/mol. The van der Waals surface area contributed by atoms with Gasteiger partial charge in [-0.2, -0.15) is 5.10 Å².